The van der Waals surface area contributed by atoms with Crippen LogP contribution in [0.3, 0.4) is 0 Å². The molecular formula is C18H19Cl2N3O3. The fraction of sp³-hybridized carbons (Fsp3) is 0.222. The number of halogens is 2. The van der Waals surface area contributed by atoms with E-state index in [1.54, 1.807) is 61.5 Å². The summed E-state index contributed by atoms with van der Waals surface area (Å²) in [6.45, 7) is 0.0868. The van der Waals surface area contributed by atoms with Crippen LogP contribution in [0.15, 0.2) is 42.5 Å². The van der Waals surface area contributed by atoms with Gasteiger partial charge < -0.3 is 15.4 Å². The number of benzene rings is 2. The van der Waals surface area contributed by atoms with Gasteiger partial charge in [-0.05, 0) is 37.4 Å². The van der Waals surface area contributed by atoms with Gasteiger partial charge in [0.15, 0.2) is 0 Å². The molecule has 2 amide bonds. The molecule has 2 rings (SSSR count). The summed E-state index contributed by atoms with van der Waals surface area (Å²) in [6.07, 6.45) is 0. The molecule has 0 radical (unpaired) electrons. The van der Waals surface area contributed by atoms with Gasteiger partial charge in [0.25, 0.3) is 0 Å². The van der Waals surface area contributed by atoms with E-state index in [0.717, 1.165) is 0 Å². The Bertz CT molecular complexity index is 799. The number of carbonyl (C=O) groups is 2. The van der Waals surface area contributed by atoms with Gasteiger partial charge in [0.05, 0.1) is 30.9 Å². The van der Waals surface area contributed by atoms with Gasteiger partial charge in [-0.15, -0.1) is 0 Å². The Morgan fingerprint density at radius 1 is 1.04 bits per heavy atom. The van der Waals surface area contributed by atoms with Crippen molar-refractivity contribution in [3.63, 3.8) is 0 Å². The number of amides is 2. The molecule has 6 nitrogen and oxygen atoms in total. The minimum atomic E-state index is -0.286. The van der Waals surface area contributed by atoms with Crippen LogP contribution in [0, 0.1) is 0 Å². The molecule has 26 heavy (non-hydrogen) atoms. The topological polar surface area (TPSA) is 70.7 Å². The zero-order valence-corrected chi connectivity index (χ0v) is 15.9. The van der Waals surface area contributed by atoms with Crippen molar-refractivity contribution < 1.29 is 14.3 Å². The number of hydrogen-bond donors (Lipinski definition) is 2. The fourth-order valence-electron chi connectivity index (χ4n) is 2.23. The number of methoxy groups -OCH3 is 1. The largest absolute Gasteiger partial charge is 0.497 e. The van der Waals surface area contributed by atoms with Crippen LogP contribution in [0.5, 0.6) is 5.75 Å². The summed E-state index contributed by atoms with van der Waals surface area (Å²) in [5.41, 5.74) is 1.09. The highest BCUT2D eigenvalue weighted by molar-refractivity contribution is 6.36. The lowest BCUT2D eigenvalue weighted by Crippen LogP contribution is -2.36. The minimum absolute atomic E-state index is 0.0322. The summed E-state index contributed by atoms with van der Waals surface area (Å²) >= 11 is 11.8. The Labute approximate surface area is 162 Å². The predicted molar refractivity (Wildman–Crippen MR) is 104 cm³/mol. The van der Waals surface area contributed by atoms with E-state index in [1.165, 1.54) is 0 Å². The van der Waals surface area contributed by atoms with Gasteiger partial charge in [-0.25, -0.2) is 0 Å². The van der Waals surface area contributed by atoms with Crippen LogP contribution in [-0.2, 0) is 9.59 Å². The van der Waals surface area contributed by atoms with Gasteiger partial charge in [-0.1, -0.05) is 29.3 Å². The van der Waals surface area contributed by atoms with E-state index in [9.17, 15) is 9.59 Å². The molecule has 0 bridgehead atoms. The maximum atomic E-state index is 12.1. The summed E-state index contributed by atoms with van der Waals surface area (Å²) in [6, 6.07) is 11.8. The summed E-state index contributed by atoms with van der Waals surface area (Å²) in [5, 5.41) is 6.28. The molecule has 0 saturated carbocycles. The molecule has 0 fully saturated rings. The average molecular weight is 396 g/mol. The van der Waals surface area contributed by atoms with E-state index in [0.29, 0.717) is 27.2 Å². The van der Waals surface area contributed by atoms with Crippen LogP contribution in [0.25, 0.3) is 0 Å². The third-order valence-electron chi connectivity index (χ3n) is 3.39. The maximum absolute atomic E-state index is 12.1. The number of ether oxygens (including phenoxy) is 1. The Morgan fingerprint density at radius 2 is 1.73 bits per heavy atom. The SMILES string of the molecule is COc1cccc(NC(=O)CN(C)CC(=O)Nc2ccc(Cl)cc2Cl)c1. The minimum Gasteiger partial charge on any atom is -0.497 e. The number of likely N-dealkylation sites (N-methyl/N-ethyl adjacent to an activating group) is 1. The van der Waals surface area contributed by atoms with Crippen molar-refractivity contribution in [1.29, 1.82) is 0 Å². The first-order valence-corrected chi connectivity index (χ1v) is 8.50. The third-order valence-corrected chi connectivity index (χ3v) is 3.93. The van der Waals surface area contributed by atoms with Crippen LogP contribution in [-0.4, -0.2) is 44.0 Å². The zero-order chi connectivity index (χ0) is 19.1. The predicted octanol–water partition coefficient (Wildman–Crippen LogP) is 3.51. The first kappa shape index (κ1) is 20.0. The van der Waals surface area contributed by atoms with Crippen LogP contribution in [0.4, 0.5) is 11.4 Å². The first-order valence-electron chi connectivity index (χ1n) is 7.74. The third kappa shape index (κ3) is 6.22. The summed E-state index contributed by atoms with van der Waals surface area (Å²) in [5.74, 6) is 0.124. The Kier molecular flexibility index (Phi) is 7.26. The van der Waals surface area contributed by atoms with Gasteiger partial charge in [0, 0.05) is 16.8 Å². The zero-order valence-electron chi connectivity index (χ0n) is 14.4. The quantitative estimate of drug-likeness (QED) is 0.752. The lowest BCUT2D eigenvalue weighted by Gasteiger charge is -2.16. The van der Waals surface area contributed by atoms with E-state index >= 15 is 0 Å². The van der Waals surface area contributed by atoms with Crippen molar-refractivity contribution in [3.05, 3.63) is 52.5 Å². The lowest BCUT2D eigenvalue weighted by atomic mass is 10.3. The van der Waals surface area contributed by atoms with Crippen molar-refractivity contribution >= 4 is 46.4 Å². The van der Waals surface area contributed by atoms with Crippen molar-refractivity contribution in [2.75, 3.05) is 37.9 Å². The molecule has 0 saturated heterocycles. The van der Waals surface area contributed by atoms with E-state index in [-0.39, 0.29) is 24.9 Å². The summed E-state index contributed by atoms with van der Waals surface area (Å²) in [4.78, 5) is 25.8. The maximum Gasteiger partial charge on any atom is 0.238 e. The van der Waals surface area contributed by atoms with Crippen molar-refractivity contribution in [2.24, 2.45) is 0 Å². The second-order valence-electron chi connectivity index (χ2n) is 5.62. The molecule has 0 aliphatic rings. The molecule has 0 atom stereocenters. The second-order valence-corrected chi connectivity index (χ2v) is 6.47. The second kappa shape index (κ2) is 9.43. The summed E-state index contributed by atoms with van der Waals surface area (Å²) < 4.78 is 5.11. The normalized spacial score (nSPS) is 10.5. The molecular weight excluding hydrogens is 377 g/mol. The highest BCUT2D eigenvalue weighted by Crippen LogP contribution is 2.25. The highest BCUT2D eigenvalue weighted by Gasteiger charge is 2.12. The van der Waals surface area contributed by atoms with Gasteiger partial charge in [0.1, 0.15) is 5.75 Å². The van der Waals surface area contributed by atoms with Crippen LogP contribution in [0.2, 0.25) is 10.0 Å². The first-order chi connectivity index (χ1) is 12.4. The molecule has 138 valence electrons. The molecule has 2 N–H and O–H groups in total. The van der Waals surface area contributed by atoms with E-state index in [2.05, 4.69) is 10.6 Å². The monoisotopic (exact) mass is 395 g/mol. The Balaban J connectivity index is 1.84. The van der Waals surface area contributed by atoms with Crippen molar-refractivity contribution in [3.8, 4) is 5.75 Å². The standard InChI is InChI=1S/C18H19Cl2N3O3/c1-23(10-17(24)21-13-4-3-5-14(9-13)26-2)11-18(25)22-16-7-6-12(19)8-15(16)20/h3-9H,10-11H2,1-2H3,(H,21,24)(H,22,25). The van der Waals surface area contributed by atoms with Gasteiger partial charge in [-0.2, -0.15) is 0 Å². The molecule has 8 heteroatoms. The van der Waals surface area contributed by atoms with E-state index < -0.39 is 0 Å². The molecule has 2 aromatic carbocycles. The highest BCUT2D eigenvalue weighted by atomic mass is 35.5. The molecule has 2 aromatic rings. The molecule has 0 aliphatic heterocycles. The van der Waals surface area contributed by atoms with Crippen LogP contribution < -0.4 is 15.4 Å². The van der Waals surface area contributed by atoms with Gasteiger partial charge >= 0.3 is 0 Å². The number of nitrogens with one attached hydrogen (secondary N) is 2. The van der Waals surface area contributed by atoms with Crippen molar-refractivity contribution in [1.82, 2.24) is 4.90 Å². The molecule has 0 aliphatic carbocycles. The molecule has 0 heterocycles. The smallest absolute Gasteiger partial charge is 0.238 e. The Hall–Kier alpha value is -2.28. The number of rotatable bonds is 7. The number of carbonyl (C=O) groups excluding carboxylic acids is 2. The van der Waals surface area contributed by atoms with Crippen LogP contribution >= 0.6 is 23.2 Å². The lowest BCUT2D eigenvalue weighted by molar-refractivity contribution is -0.119. The number of anilines is 2. The van der Waals surface area contributed by atoms with E-state index in [1.807, 2.05) is 0 Å². The molecule has 0 spiro atoms. The number of nitrogens with zero attached hydrogens (tertiary/aromatic N) is 1. The average Bonchev–Trinajstić information content (AvgIpc) is 2.57. The molecule has 0 unspecified atom stereocenters. The van der Waals surface area contributed by atoms with E-state index in [4.69, 9.17) is 27.9 Å². The van der Waals surface area contributed by atoms with Gasteiger partial charge in [-0.3, -0.25) is 14.5 Å². The van der Waals surface area contributed by atoms with Gasteiger partial charge in [0.2, 0.25) is 11.8 Å². The summed E-state index contributed by atoms with van der Waals surface area (Å²) in [7, 11) is 3.23. The number of hydrogen-bond acceptors (Lipinski definition) is 4. The molecule has 0 aromatic heterocycles. The Morgan fingerprint density at radius 3 is 2.38 bits per heavy atom. The van der Waals surface area contributed by atoms with Crippen LogP contribution in [0.1, 0.15) is 0 Å². The fourth-order valence-corrected chi connectivity index (χ4v) is 2.68. The van der Waals surface area contributed by atoms with Crippen molar-refractivity contribution in [2.45, 2.75) is 0 Å².